The van der Waals surface area contributed by atoms with Gasteiger partial charge in [0, 0.05) is 5.54 Å². The molecule has 0 aromatic rings. The average molecular weight is 414 g/mol. The summed E-state index contributed by atoms with van der Waals surface area (Å²) in [6.45, 7) is 15.3. The van der Waals surface area contributed by atoms with Crippen LogP contribution in [0.15, 0.2) is 11.6 Å². The second-order valence-electron chi connectivity index (χ2n) is 13.2. The van der Waals surface area contributed by atoms with Gasteiger partial charge in [-0.3, -0.25) is 0 Å². The molecule has 0 bridgehead atoms. The molecule has 4 aliphatic rings. The van der Waals surface area contributed by atoms with Gasteiger partial charge in [0.1, 0.15) is 0 Å². The lowest BCUT2D eigenvalue weighted by Gasteiger charge is -2.64. The summed E-state index contributed by atoms with van der Waals surface area (Å²) in [7, 11) is 2.29. The van der Waals surface area contributed by atoms with Crippen molar-refractivity contribution >= 4 is 0 Å². The van der Waals surface area contributed by atoms with E-state index in [0.29, 0.717) is 21.8 Å². The maximum Gasteiger partial charge on any atom is 0.0237 e. The molecule has 1 heteroatoms. The monoisotopic (exact) mass is 413 g/mol. The van der Waals surface area contributed by atoms with Crippen molar-refractivity contribution in [3.63, 3.8) is 0 Å². The lowest BCUT2D eigenvalue weighted by atomic mass is 9.41. The quantitative estimate of drug-likeness (QED) is 0.342. The predicted molar refractivity (Wildman–Crippen MR) is 131 cm³/mol. The van der Waals surface area contributed by atoms with E-state index in [1.165, 1.54) is 77.0 Å². The molecule has 3 saturated carbocycles. The van der Waals surface area contributed by atoms with Gasteiger partial charge in [0.2, 0.25) is 0 Å². The van der Waals surface area contributed by atoms with Crippen LogP contribution in [0, 0.1) is 39.9 Å². The Kier molecular flexibility index (Phi) is 6.05. The Morgan fingerprint density at radius 1 is 1.00 bits per heavy atom. The van der Waals surface area contributed by atoms with Gasteiger partial charge in [-0.05, 0) is 105 Å². The summed E-state index contributed by atoms with van der Waals surface area (Å²) >= 11 is 0. The van der Waals surface area contributed by atoms with Crippen molar-refractivity contribution < 1.29 is 0 Å². The van der Waals surface area contributed by atoms with Crippen molar-refractivity contribution in [1.29, 1.82) is 0 Å². The molecule has 0 spiro atoms. The summed E-state index contributed by atoms with van der Waals surface area (Å²) in [6.07, 6.45) is 19.7. The van der Waals surface area contributed by atoms with Gasteiger partial charge in [-0.25, -0.2) is 0 Å². The normalized spacial score (nSPS) is 48.1. The maximum atomic E-state index is 3.98. The molecule has 4 aliphatic carbocycles. The molecule has 7 atom stereocenters. The highest BCUT2D eigenvalue weighted by Crippen LogP contribution is 2.73. The van der Waals surface area contributed by atoms with Crippen LogP contribution in [0.2, 0.25) is 0 Å². The first-order chi connectivity index (χ1) is 14.1. The van der Waals surface area contributed by atoms with Crippen LogP contribution >= 0.6 is 0 Å². The average Bonchev–Trinajstić information content (AvgIpc) is 2.94. The van der Waals surface area contributed by atoms with Crippen molar-refractivity contribution in [2.24, 2.45) is 39.9 Å². The molecule has 6 unspecified atom stereocenters. The Balaban J connectivity index is 1.59. The molecule has 0 radical (unpaired) electrons. The second kappa shape index (κ2) is 7.93. The zero-order chi connectivity index (χ0) is 21.8. The van der Waals surface area contributed by atoms with E-state index in [-0.39, 0.29) is 0 Å². The molecule has 30 heavy (non-hydrogen) atoms. The molecule has 0 aromatic heterocycles. The van der Waals surface area contributed by atoms with Crippen molar-refractivity contribution in [3.05, 3.63) is 11.6 Å². The summed E-state index contributed by atoms with van der Waals surface area (Å²) in [6, 6.07) is 0. The SMILES string of the molecule is CNC1(CCCCC(C)C)CC[C@@]2(C)C3CC=C4CC(C)CCC4(C)C3CCC12C. The fourth-order valence-corrected chi connectivity index (χ4v) is 9.30. The molecule has 172 valence electrons. The number of fused-ring (bicyclic) bond motifs is 5. The number of allylic oxidation sites excluding steroid dienone is 2. The summed E-state index contributed by atoms with van der Waals surface area (Å²) < 4.78 is 0. The molecular weight excluding hydrogens is 362 g/mol. The molecule has 0 heterocycles. The van der Waals surface area contributed by atoms with E-state index < -0.39 is 0 Å². The highest BCUT2D eigenvalue weighted by atomic mass is 15.0. The minimum absolute atomic E-state index is 0.357. The van der Waals surface area contributed by atoms with E-state index in [9.17, 15) is 0 Å². The zero-order valence-corrected chi connectivity index (χ0v) is 21.4. The van der Waals surface area contributed by atoms with Gasteiger partial charge in [-0.2, -0.15) is 0 Å². The minimum atomic E-state index is 0.357. The maximum absolute atomic E-state index is 3.98. The second-order valence-corrected chi connectivity index (χ2v) is 13.2. The van der Waals surface area contributed by atoms with E-state index in [0.717, 1.165) is 23.7 Å². The Hall–Kier alpha value is -0.300. The van der Waals surface area contributed by atoms with Crippen LogP contribution in [0.3, 0.4) is 0 Å². The van der Waals surface area contributed by atoms with Gasteiger partial charge >= 0.3 is 0 Å². The molecule has 0 amide bonds. The fourth-order valence-electron chi connectivity index (χ4n) is 9.30. The van der Waals surface area contributed by atoms with Crippen LogP contribution in [0.25, 0.3) is 0 Å². The third-order valence-electron chi connectivity index (χ3n) is 11.7. The number of rotatable bonds is 6. The first-order valence-corrected chi connectivity index (χ1v) is 13.5. The van der Waals surface area contributed by atoms with E-state index in [2.05, 4.69) is 60.0 Å². The molecule has 1 nitrogen and oxygen atoms in total. The smallest absolute Gasteiger partial charge is 0.0237 e. The molecular formula is C29H51N. The Morgan fingerprint density at radius 3 is 2.47 bits per heavy atom. The van der Waals surface area contributed by atoms with Crippen LogP contribution in [-0.2, 0) is 0 Å². The Morgan fingerprint density at radius 2 is 1.77 bits per heavy atom. The first kappa shape index (κ1) is 22.9. The number of unbranched alkanes of at least 4 members (excludes halogenated alkanes) is 1. The van der Waals surface area contributed by atoms with Crippen molar-refractivity contribution in [2.75, 3.05) is 7.05 Å². The van der Waals surface area contributed by atoms with E-state index in [4.69, 9.17) is 0 Å². The van der Waals surface area contributed by atoms with Gasteiger partial charge in [0.15, 0.2) is 0 Å². The largest absolute Gasteiger partial charge is 0.314 e. The van der Waals surface area contributed by atoms with Crippen LogP contribution in [0.4, 0.5) is 0 Å². The van der Waals surface area contributed by atoms with Gasteiger partial charge in [-0.1, -0.05) is 72.5 Å². The predicted octanol–water partition coefficient (Wildman–Crippen LogP) is 8.15. The van der Waals surface area contributed by atoms with Crippen LogP contribution < -0.4 is 5.32 Å². The van der Waals surface area contributed by atoms with Crippen LogP contribution in [0.5, 0.6) is 0 Å². The standard InChI is InChI=1S/C29H51N/c1-21(2)10-8-9-15-29(30-7)19-18-27(5)25-12-11-23-20-22(3)13-16-26(23,4)24(25)14-17-28(27,29)6/h11,21-22,24-25,30H,8-10,12-20H2,1-7H3/t22?,24?,25?,26?,27-,28?,29?/m0/s1. The lowest BCUT2D eigenvalue weighted by molar-refractivity contribution is -0.117. The van der Waals surface area contributed by atoms with Crippen LogP contribution in [-0.4, -0.2) is 12.6 Å². The third kappa shape index (κ3) is 3.19. The summed E-state index contributed by atoms with van der Waals surface area (Å²) in [4.78, 5) is 0. The van der Waals surface area contributed by atoms with Crippen molar-refractivity contribution in [2.45, 2.75) is 124 Å². The Bertz CT molecular complexity index is 663. The summed E-state index contributed by atoms with van der Waals surface area (Å²) in [5.41, 5.74) is 3.64. The third-order valence-corrected chi connectivity index (χ3v) is 11.7. The van der Waals surface area contributed by atoms with Gasteiger partial charge in [0.25, 0.3) is 0 Å². The van der Waals surface area contributed by atoms with E-state index in [1.54, 1.807) is 0 Å². The summed E-state index contributed by atoms with van der Waals surface area (Å²) in [5, 5.41) is 3.98. The molecule has 0 aromatic carbocycles. The summed E-state index contributed by atoms with van der Waals surface area (Å²) in [5.74, 6) is 3.57. The van der Waals surface area contributed by atoms with Gasteiger partial charge in [0.05, 0.1) is 0 Å². The van der Waals surface area contributed by atoms with Crippen molar-refractivity contribution in [3.8, 4) is 0 Å². The van der Waals surface area contributed by atoms with Gasteiger partial charge < -0.3 is 5.32 Å². The molecule has 4 rings (SSSR count). The fraction of sp³-hybridized carbons (Fsp3) is 0.931. The molecule has 0 saturated heterocycles. The first-order valence-electron chi connectivity index (χ1n) is 13.5. The highest BCUT2D eigenvalue weighted by molar-refractivity contribution is 5.28. The van der Waals surface area contributed by atoms with E-state index in [1.807, 2.05) is 5.57 Å². The Labute approximate surface area is 188 Å². The molecule has 0 aliphatic heterocycles. The number of nitrogens with one attached hydrogen (secondary N) is 1. The molecule has 3 fully saturated rings. The van der Waals surface area contributed by atoms with Crippen molar-refractivity contribution in [1.82, 2.24) is 5.32 Å². The zero-order valence-electron chi connectivity index (χ0n) is 21.4. The van der Waals surface area contributed by atoms with E-state index >= 15 is 0 Å². The van der Waals surface area contributed by atoms with Crippen LogP contribution in [0.1, 0.15) is 119 Å². The lowest BCUT2D eigenvalue weighted by Crippen LogP contribution is -2.62. The number of hydrogen-bond acceptors (Lipinski definition) is 1. The number of hydrogen-bond donors (Lipinski definition) is 1. The van der Waals surface area contributed by atoms with Gasteiger partial charge in [-0.15, -0.1) is 0 Å². The highest BCUT2D eigenvalue weighted by Gasteiger charge is 2.68. The minimum Gasteiger partial charge on any atom is -0.314 e. The topological polar surface area (TPSA) is 12.0 Å². The molecule has 1 N–H and O–H groups in total.